The zero-order chi connectivity index (χ0) is 11.5. The maximum atomic E-state index is 5.78. The number of nitrogens with two attached hydrogens (primary N) is 1. The third-order valence-corrected chi connectivity index (χ3v) is 4.58. The molecule has 0 amide bonds. The molecule has 90 valence electrons. The van der Waals surface area contributed by atoms with Crippen LogP contribution in [0, 0.1) is 12.8 Å². The smallest absolute Gasteiger partial charge is 0.0330 e. The van der Waals surface area contributed by atoms with Crippen LogP contribution in [-0.4, -0.2) is 24.0 Å². The number of hydrogen-bond donors (Lipinski definition) is 1. The summed E-state index contributed by atoms with van der Waals surface area (Å²) in [6.07, 6.45) is 2.60. The standard InChI is InChI=1S/C13H22N2S/c1-10-3-5-12(7-14)8-15(10)9-13-6-4-11(2)16-13/h4,6,10,12H,3,5,7-9,14H2,1-2H3. The van der Waals surface area contributed by atoms with Gasteiger partial charge in [0.1, 0.15) is 0 Å². The second-order valence-electron chi connectivity index (χ2n) is 4.97. The van der Waals surface area contributed by atoms with Crippen molar-refractivity contribution < 1.29 is 0 Å². The number of rotatable bonds is 3. The Morgan fingerprint density at radius 2 is 2.25 bits per heavy atom. The van der Waals surface area contributed by atoms with Gasteiger partial charge in [-0.15, -0.1) is 11.3 Å². The summed E-state index contributed by atoms with van der Waals surface area (Å²) in [6, 6.07) is 5.19. The molecule has 1 aliphatic heterocycles. The molecule has 1 aromatic rings. The Labute approximate surface area is 102 Å². The van der Waals surface area contributed by atoms with Crippen molar-refractivity contribution >= 4 is 11.3 Å². The van der Waals surface area contributed by atoms with Crippen LogP contribution in [0.1, 0.15) is 29.5 Å². The lowest BCUT2D eigenvalue weighted by atomic mass is 9.93. The molecular formula is C13H22N2S. The Bertz CT molecular complexity index is 334. The molecule has 2 unspecified atom stereocenters. The molecule has 2 N–H and O–H groups in total. The fraction of sp³-hybridized carbons (Fsp3) is 0.692. The Hall–Kier alpha value is -0.380. The predicted molar refractivity (Wildman–Crippen MR) is 70.7 cm³/mol. The van der Waals surface area contributed by atoms with Gasteiger partial charge in [-0.25, -0.2) is 0 Å². The second-order valence-corrected chi connectivity index (χ2v) is 6.34. The molecule has 3 heteroatoms. The van der Waals surface area contributed by atoms with E-state index in [-0.39, 0.29) is 0 Å². The van der Waals surface area contributed by atoms with E-state index in [0.29, 0.717) is 12.0 Å². The molecule has 0 spiro atoms. The van der Waals surface area contributed by atoms with E-state index < -0.39 is 0 Å². The van der Waals surface area contributed by atoms with Crippen molar-refractivity contribution in [2.75, 3.05) is 13.1 Å². The van der Waals surface area contributed by atoms with Crippen LogP contribution in [-0.2, 0) is 6.54 Å². The number of hydrogen-bond acceptors (Lipinski definition) is 3. The third kappa shape index (κ3) is 2.84. The molecule has 1 aliphatic rings. The minimum atomic E-state index is 0.706. The largest absolute Gasteiger partial charge is 0.330 e. The lowest BCUT2D eigenvalue weighted by molar-refractivity contribution is 0.114. The molecule has 0 radical (unpaired) electrons. The van der Waals surface area contributed by atoms with Crippen LogP contribution in [0.2, 0.25) is 0 Å². The lowest BCUT2D eigenvalue weighted by Gasteiger charge is -2.37. The monoisotopic (exact) mass is 238 g/mol. The predicted octanol–water partition coefficient (Wildman–Crippen LogP) is 2.62. The fourth-order valence-corrected chi connectivity index (χ4v) is 3.36. The van der Waals surface area contributed by atoms with Gasteiger partial charge >= 0.3 is 0 Å². The van der Waals surface area contributed by atoms with Gasteiger partial charge in [-0.2, -0.15) is 0 Å². The minimum absolute atomic E-state index is 0.706. The normalized spacial score (nSPS) is 27.2. The maximum Gasteiger partial charge on any atom is 0.0330 e. The van der Waals surface area contributed by atoms with Crippen LogP contribution in [0.3, 0.4) is 0 Å². The molecule has 0 bridgehead atoms. The summed E-state index contributed by atoms with van der Waals surface area (Å²) < 4.78 is 0. The van der Waals surface area contributed by atoms with Crippen LogP contribution in [0.4, 0.5) is 0 Å². The van der Waals surface area contributed by atoms with Gasteiger partial charge < -0.3 is 5.73 Å². The SMILES string of the molecule is Cc1ccc(CN2CC(CN)CCC2C)s1. The molecule has 16 heavy (non-hydrogen) atoms. The quantitative estimate of drug-likeness (QED) is 0.877. The third-order valence-electron chi connectivity index (χ3n) is 3.60. The number of piperidine rings is 1. The molecule has 2 atom stereocenters. The average Bonchev–Trinajstić information content (AvgIpc) is 2.67. The highest BCUT2D eigenvalue weighted by Gasteiger charge is 2.24. The first-order chi connectivity index (χ1) is 7.69. The van der Waals surface area contributed by atoms with E-state index in [9.17, 15) is 0 Å². The Kier molecular flexibility index (Phi) is 4.00. The molecule has 2 heterocycles. The Morgan fingerprint density at radius 1 is 1.44 bits per heavy atom. The number of likely N-dealkylation sites (tertiary alicyclic amines) is 1. The first-order valence-electron chi connectivity index (χ1n) is 6.18. The van der Waals surface area contributed by atoms with Gasteiger partial charge in [-0.1, -0.05) is 0 Å². The summed E-state index contributed by atoms with van der Waals surface area (Å²) in [5, 5.41) is 0. The molecule has 0 aromatic carbocycles. The van der Waals surface area contributed by atoms with E-state index in [4.69, 9.17) is 5.73 Å². The lowest BCUT2D eigenvalue weighted by Crippen LogP contribution is -2.43. The highest BCUT2D eigenvalue weighted by molar-refractivity contribution is 7.11. The van der Waals surface area contributed by atoms with E-state index in [1.807, 2.05) is 11.3 Å². The van der Waals surface area contributed by atoms with Crippen LogP contribution in [0.15, 0.2) is 12.1 Å². The molecule has 0 saturated carbocycles. The van der Waals surface area contributed by atoms with E-state index in [1.165, 1.54) is 29.1 Å². The summed E-state index contributed by atoms with van der Waals surface area (Å²) in [5.41, 5.74) is 5.78. The van der Waals surface area contributed by atoms with Crippen molar-refractivity contribution in [1.82, 2.24) is 4.90 Å². The number of nitrogens with zero attached hydrogens (tertiary/aromatic N) is 1. The number of thiophene rings is 1. The van der Waals surface area contributed by atoms with Gasteiger partial charge in [-0.05, 0) is 51.3 Å². The first-order valence-corrected chi connectivity index (χ1v) is 7.00. The van der Waals surface area contributed by atoms with Crippen LogP contribution >= 0.6 is 11.3 Å². The highest BCUT2D eigenvalue weighted by Crippen LogP contribution is 2.25. The van der Waals surface area contributed by atoms with E-state index in [2.05, 4.69) is 30.9 Å². The summed E-state index contributed by atoms with van der Waals surface area (Å²) >= 11 is 1.92. The topological polar surface area (TPSA) is 29.3 Å². The van der Waals surface area contributed by atoms with Gasteiger partial charge in [0.2, 0.25) is 0 Å². The van der Waals surface area contributed by atoms with Crippen molar-refractivity contribution in [3.05, 3.63) is 21.9 Å². The maximum absolute atomic E-state index is 5.78. The summed E-state index contributed by atoms with van der Waals surface area (Å²) in [4.78, 5) is 5.49. The van der Waals surface area contributed by atoms with Crippen LogP contribution in [0.25, 0.3) is 0 Å². The van der Waals surface area contributed by atoms with Crippen LogP contribution < -0.4 is 5.73 Å². The van der Waals surface area contributed by atoms with E-state index >= 15 is 0 Å². The van der Waals surface area contributed by atoms with Gasteiger partial charge in [0.25, 0.3) is 0 Å². The van der Waals surface area contributed by atoms with Crippen molar-refractivity contribution in [2.45, 2.75) is 39.3 Å². The highest BCUT2D eigenvalue weighted by atomic mass is 32.1. The molecule has 1 fully saturated rings. The Morgan fingerprint density at radius 3 is 2.88 bits per heavy atom. The van der Waals surface area contributed by atoms with Crippen molar-refractivity contribution in [2.24, 2.45) is 11.7 Å². The van der Waals surface area contributed by atoms with E-state index in [0.717, 1.165) is 13.1 Å². The van der Waals surface area contributed by atoms with E-state index in [1.54, 1.807) is 0 Å². The van der Waals surface area contributed by atoms with Gasteiger partial charge in [0, 0.05) is 28.9 Å². The average molecular weight is 238 g/mol. The zero-order valence-electron chi connectivity index (χ0n) is 10.3. The molecule has 2 nitrogen and oxygen atoms in total. The summed E-state index contributed by atoms with van der Waals surface area (Å²) in [5.74, 6) is 0.706. The summed E-state index contributed by atoms with van der Waals surface area (Å²) in [7, 11) is 0. The minimum Gasteiger partial charge on any atom is -0.330 e. The van der Waals surface area contributed by atoms with Crippen molar-refractivity contribution in [3.8, 4) is 0 Å². The second kappa shape index (κ2) is 5.30. The molecule has 1 aromatic heterocycles. The molecule has 1 saturated heterocycles. The zero-order valence-corrected chi connectivity index (χ0v) is 11.1. The van der Waals surface area contributed by atoms with Gasteiger partial charge in [0.15, 0.2) is 0 Å². The van der Waals surface area contributed by atoms with Gasteiger partial charge in [0.05, 0.1) is 0 Å². The molecule has 2 rings (SSSR count). The van der Waals surface area contributed by atoms with Crippen molar-refractivity contribution in [3.63, 3.8) is 0 Å². The number of aryl methyl sites for hydroxylation is 1. The molecule has 0 aliphatic carbocycles. The summed E-state index contributed by atoms with van der Waals surface area (Å²) in [6.45, 7) is 7.64. The van der Waals surface area contributed by atoms with Crippen molar-refractivity contribution in [1.29, 1.82) is 0 Å². The van der Waals surface area contributed by atoms with Gasteiger partial charge in [-0.3, -0.25) is 4.90 Å². The van der Waals surface area contributed by atoms with Crippen LogP contribution in [0.5, 0.6) is 0 Å². The Balaban J connectivity index is 1.96. The first kappa shape index (κ1) is 12.1. The fourth-order valence-electron chi connectivity index (χ4n) is 2.45. The molecular weight excluding hydrogens is 216 g/mol.